The summed E-state index contributed by atoms with van der Waals surface area (Å²) in [4.78, 5) is 15.9. The highest BCUT2D eigenvalue weighted by atomic mass is 16.5. The number of benzene rings is 1. The highest BCUT2D eigenvalue weighted by Crippen LogP contribution is 2.27. The molecule has 172 valence electrons. The van der Waals surface area contributed by atoms with Gasteiger partial charge in [0.05, 0.1) is 18.9 Å². The fourth-order valence-corrected chi connectivity index (χ4v) is 3.82. The fourth-order valence-electron chi connectivity index (χ4n) is 3.82. The lowest BCUT2D eigenvalue weighted by atomic mass is 10.1. The number of ether oxygens (including phenoxy) is 1. The highest BCUT2D eigenvalue weighted by molar-refractivity contribution is 6.11. The van der Waals surface area contributed by atoms with Crippen LogP contribution in [0.25, 0.3) is 28.1 Å². The normalized spacial score (nSPS) is 17.5. The van der Waals surface area contributed by atoms with Gasteiger partial charge in [-0.1, -0.05) is 18.2 Å². The molecule has 3 heterocycles. The molecule has 3 N–H and O–H groups in total. The van der Waals surface area contributed by atoms with E-state index in [0.717, 1.165) is 47.5 Å². The minimum absolute atomic E-state index is 0.0778. The zero-order valence-electron chi connectivity index (χ0n) is 19.3. The molecule has 2 aromatic heterocycles. The standard InChI is InChI=1S/C24H30N8O/c1-26-11-19(10-25)22-14-28-23(30-24(22)27-13-21-16-31(2)7-8-33-21)18-6-4-5-17(9-18)20-12-29-32(3)15-20/h4-6,9-12,14-15,21H,7-8,13,16,25H2,1-3H3,(H,27,28,30). The average molecular weight is 447 g/mol. The summed E-state index contributed by atoms with van der Waals surface area (Å²) in [5.41, 5.74) is 10.4. The molecule has 1 unspecified atom stereocenters. The number of nitrogens with one attached hydrogen (secondary N) is 1. The summed E-state index contributed by atoms with van der Waals surface area (Å²) in [5.74, 6) is 1.32. The Hall–Kier alpha value is -3.56. The van der Waals surface area contributed by atoms with Gasteiger partial charge in [-0.3, -0.25) is 9.67 Å². The molecule has 1 aliphatic heterocycles. The molecule has 1 aromatic carbocycles. The van der Waals surface area contributed by atoms with Crippen molar-refractivity contribution in [1.29, 1.82) is 0 Å². The van der Waals surface area contributed by atoms with E-state index in [2.05, 4.69) is 44.5 Å². The molecular weight excluding hydrogens is 416 g/mol. The minimum atomic E-state index is 0.0778. The number of aliphatic imine (C=N–C) groups is 1. The van der Waals surface area contributed by atoms with E-state index in [4.69, 9.17) is 15.5 Å². The van der Waals surface area contributed by atoms with E-state index in [1.54, 1.807) is 24.1 Å². The first-order valence-corrected chi connectivity index (χ1v) is 10.9. The van der Waals surface area contributed by atoms with Gasteiger partial charge in [-0.05, 0) is 18.7 Å². The van der Waals surface area contributed by atoms with Gasteiger partial charge in [0.25, 0.3) is 0 Å². The van der Waals surface area contributed by atoms with E-state index in [-0.39, 0.29) is 6.10 Å². The Labute approximate surface area is 194 Å². The molecule has 0 spiro atoms. The second kappa shape index (κ2) is 10.4. The lowest BCUT2D eigenvalue weighted by molar-refractivity contribution is -0.0117. The van der Waals surface area contributed by atoms with Crippen molar-refractivity contribution >= 4 is 17.6 Å². The number of hydrogen-bond donors (Lipinski definition) is 2. The summed E-state index contributed by atoms with van der Waals surface area (Å²) in [5, 5.41) is 7.73. The second-order valence-electron chi connectivity index (χ2n) is 8.08. The van der Waals surface area contributed by atoms with E-state index in [9.17, 15) is 0 Å². The molecule has 33 heavy (non-hydrogen) atoms. The van der Waals surface area contributed by atoms with Crippen LogP contribution in [-0.4, -0.2) is 77.3 Å². The maximum atomic E-state index is 5.90. The van der Waals surface area contributed by atoms with Crippen LogP contribution in [0, 0.1) is 0 Å². The Kier molecular flexibility index (Phi) is 7.11. The monoisotopic (exact) mass is 446 g/mol. The average Bonchev–Trinajstić information content (AvgIpc) is 3.28. The van der Waals surface area contributed by atoms with Crippen LogP contribution in [0.1, 0.15) is 5.56 Å². The Morgan fingerprint density at radius 2 is 2.12 bits per heavy atom. The first kappa shape index (κ1) is 22.6. The number of anilines is 1. The zero-order chi connectivity index (χ0) is 23.2. The van der Waals surface area contributed by atoms with E-state index in [0.29, 0.717) is 18.2 Å². The van der Waals surface area contributed by atoms with Crippen molar-refractivity contribution in [1.82, 2.24) is 24.6 Å². The molecule has 1 aliphatic rings. The van der Waals surface area contributed by atoms with Crippen molar-refractivity contribution in [3.63, 3.8) is 0 Å². The molecule has 1 saturated heterocycles. The number of morpholine rings is 1. The number of hydrogen-bond acceptors (Lipinski definition) is 8. The lowest BCUT2D eigenvalue weighted by Crippen LogP contribution is -2.43. The van der Waals surface area contributed by atoms with E-state index < -0.39 is 0 Å². The number of aromatic nitrogens is 4. The maximum Gasteiger partial charge on any atom is 0.161 e. The van der Waals surface area contributed by atoms with Crippen molar-refractivity contribution in [3.8, 4) is 22.5 Å². The highest BCUT2D eigenvalue weighted by Gasteiger charge is 2.19. The third-order valence-corrected chi connectivity index (χ3v) is 5.55. The smallest absolute Gasteiger partial charge is 0.161 e. The van der Waals surface area contributed by atoms with Crippen LogP contribution in [0.2, 0.25) is 0 Å². The van der Waals surface area contributed by atoms with Crippen molar-refractivity contribution in [2.24, 2.45) is 17.8 Å². The van der Waals surface area contributed by atoms with Gasteiger partial charge in [-0.15, -0.1) is 0 Å². The number of rotatable bonds is 7. The van der Waals surface area contributed by atoms with Gasteiger partial charge in [0.1, 0.15) is 5.82 Å². The topological polar surface area (TPSA) is 106 Å². The summed E-state index contributed by atoms with van der Waals surface area (Å²) in [6, 6.07) is 8.13. The van der Waals surface area contributed by atoms with Gasteiger partial charge in [-0.2, -0.15) is 5.10 Å². The van der Waals surface area contributed by atoms with Crippen LogP contribution in [0.3, 0.4) is 0 Å². The maximum absolute atomic E-state index is 5.90. The predicted molar refractivity (Wildman–Crippen MR) is 132 cm³/mol. The molecule has 1 fully saturated rings. The summed E-state index contributed by atoms with van der Waals surface area (Å²) in [6.07, 6.45) is 8.92. The number of likely N-dealkylation sites (N-methyl/N-ethyl adjacent to an activating group) is 1. The molecule has 0 bridgehead atoms. The molecule has 1 atom stereocenters. The van der Waals surface area contributed by atoms with E-state index >= 15 is 0 Å². The lowest BCUT2D eigenvalue weighted by Gasteiger charge is -2.30. The van der Waals surface area contributed by atoms with Crippen LogP contribution in [0.4, 0.5) is 5.82 Å². The van der Waals surface area contributed by atoms with Crippen LogP contribution >= 0.6 is 0 Å². The van der Waals surface area contributed by atoms with Crippen LogP contribution in [0.15, 0.2) is 54.0 Å². The Morgan fingerprint density at radius 1 is 1.27 bits per heavy atom. The molecule has 3 aromatic rings. The van der Waals surface area contributed by atoms with Crippen molar-refractivity contribution in [2.45, 2.75) is 6.10 Å². The quantitative estimate of drug-likeness (QED) is 0.536. The van der Waals surface area contributed by atoms with Gasteiger partial charge in [0.2, 0.25) is 0 Å². The Bertz CT molecular complexity index is 1150. The van der Waals surface area contributed by atoms with Crippen molar-refractivity contribution in [3.05, 3.63) is 54.6 Å². The zero-order valence-corrected chi connectivity index (χ0v) is 19.3. The number of allylic oxidation sites excluding steroid dienone is 1. The molecule has 4 rings (SSSR count). The minimum Gasteiger partial charge on any atom is -0.404 e. The van der Waals surface area contributed by atoms with E-state index in [1.165, 1.54) is 6.20 Å². The largest absolute Gasteiger partial charge is 0.404 e. The Balaban J connectivity index is 1.66. The van der Waals surface area contributed by atoms with Gasteiger partial charge in [0.15, 0.2) is 5.82 Å². The summed E-state index contributed by atoms with van der Waals surface area (Å²) < 4.78 is 7.69. The number of nitrogens with two attached hydrogens (primary N) is 1. The second-order valence-corrected chi connectivity index (χ2v) is 8.08. The van der Waals surface area contributed by atoms with E-state index in [1.807, 2.05) is 31.6 Å². The molecule has 0 radical (unpaired) electrons. The fraction of sp³-hybridized carbons (Fsp3) is 0.333. The third-order valence-electron chi connectivity index (χ3n) is 5.55. The third kappa shape index (κ3) is 5.44. The number of aryl methyl sites for hydroxylation is 1. The molecule has 0 amide bonds. The molecule has 9 nitrogen and oxygen atoms in total. The molecule has 9 heteroatoms. The molecule has 0 saturated carbocycles. The first-order valence-electron chi connectivity index (χ1n) is 10.9. The van der Waals surface area contributed by atoms with Crippen LogP contribution < -0.4 is 11.1 Å². The molecular formula is C24H30N8O. The first-order chi connectivity index (χ1) is 16.1. The van der Waals surface area contributed by atoms with Gasteiger partial charge in [-0.25, -0.2) is 9.97 Å². The van der Waals surface area contributed by atoms with Gasteiger partial charge < -0.3 is 20.7 Å². The predicted octanol–water partition coefficient (Wildman–Crippen LogP) is 2.29. The summed E-state index contributed by atoms with van der Waals surface area (Å²) >= 11 is 0. The van der Waals surface area contributed by atoms with Gasteiger partial charge in [0, 0.05) is 80.8 Å². The number of nitrogens with zero attached hydrogens (tertiary/aromatic N) is 6. The summed E-state index contributed by atoms with van der Waals surface area (Å²) in [6.45, 7) is 3.16. The SMILES string of the molecule is CN=CC(=CN)c1cnc(-c2cccc(-c3cnn(C)c3)c2)nc1NCC1CN(C)CCO1. The van der Waals surface area contributed by atoms with Crippen LogP contribution in [0.5, 0.6) is 0 Å². The molecule has 0 aliphatic carbocycles. The van der Waals surface area contributed by atoms with Crippen molar-refractivity contribution < 1.29 is 4.74 Å². The van der Waals surface area contributed by atoms with Crippen molar-refractivity contribution in [2.75, 3.05) is 45.7 Å². The van der Waals surface area contributed by atoms with Gasteiger partial charge >= 0.3 is 0 Å². The Morgan fingerprint density at radius 3 is 2.85 bits per heavy atom. The van der Waals surface area contributed by atoms with Crippen LogP contribution in [-0.2, 0) is 11.8 Å². The summed E-state index contributed by atoms with van der Waals surface area (Å²) in [7, 11) is 5.72.